The lowest BCUT2D eigenvalue weighted by atomic mass is 10.2. The number of sulfonamides is 1. The fourth-order valence-corrected chi connectivity index (χ4v) is 4.96. The molecule has 3 rings (SSSR count). The van der Waals surface area contributed by atoms with E-state index >= 15 is 0 Å². The minimum absolute atomic E-state index is 0.0833. The predicted octanol–water partition coefficient (Wildman–Crippen LogP) is 3.98. The first-order valence-electron chi connectivity index (χ1n) is 9.80. The number of nitrogens with zero attached hydrogens (tertiary/aromatic N) is 2. The molecule has 31 heavy (non-hydrogen) atoms. The summed E-state index contributed by atoms with van der Waals surface area (Å²) in [6, 6.07) is 16.5. The van der Waals surface area contributed by atoms with Gasteiger partial charge in [-0.1, -0.05) is 54.2 Å². The van der Waals surface area contributed by atoms with Crippen LogP contribution in [0.3, 0.4) is 0 Å². The van der Waals surface area contributed by atoms with Crippen molar-refractivity contribution in [2.45, 2.75) is 42.6 Å². The summed E-state index contributed by atoms with van der Waals surface area (Å²) in [5.74, 6) is 1.24. The Labute approximate surface area is 187 Å². The Morgan fingerprint density at radius 1 is 1.03 bits per heavy atom. The van der Waals surface area contributed by atoms with E-state index in [4.69, 9.17) is 0 Å². The van der Waals surface area contributed by atoms with Crippen LogP contribution in [0.15, 0.2) is 64.6 Å². The number of hydrogen-bond donors (Lipinski definition) is 3. The molecule has 0 saturated carbocycles. The zero-order valence-electron chi connectivity index (χ0n) is 17.7. The highest BCUT2D eigenvalue weighted by atomic mass is 32.2. The molecule has 0 aliphatic carbocycles. The Morgan fingerprint density at radius 2 is 1.74 bits per heavy atom. The summed E-state index contributed by atoms with van der Waals surface area (Å²) in [7, 11) is -3.83. The van der Waals surface area contributed by atoms with Gasteiger partial charge in [0.15, 0.2) is 5.16 Å². The third-order valence-electron chi connectivity index (χ3n) is 4.46. The SMILES string of the molecule is Cc1ccc(C)c(S(=O)(=O)Nc2cc(N[C@H](C)CO)nc(SCc3ccccc3)n2)c1. The number of aryl methyl sites for hydroxylation is 2. The van der Waals surface area contributed by atoms with Crippen LogP contribution >= 0.6 is 11.8 Å². The average Bonchev–Trinajstić information content (AvgIpc) is 2.74. The Morgan fingerprint density at radius 3 is 2.45 bits per heavy atom. The molecule has 0 spiro atoms. The van der Waals surface area contributed by atoms with Gasteiger partial charge in [0.1, 0.15) is 11.6 Å². The van der Waals surface area contributed by atoms with Crippen LogP contribution in [0.2, 0.25) is 0 Å². The van der Waals surface area contributed by atoms with Crippen molar-refractivity contribution in [3.05, 3.63) is 71.3 Å². The number of nitrogens with one attached hydrogen (secondary N) is 2. The zero-order valence-corrected chi connectivity index (χ0v) is 19.3. The topological polar surface area (TPSA) is 104 Å². The van der Waals surface area contributed by atoms with E-state index in [-0.39, 0.29) is 23.4 Å². The molecule has 1 heterocycles. The lowest BCUT2D eigenvalue weighted by Gasteiger charge is -2.15. The summed E-state index contributed by atoms with van der Waals surface area (Å²) < 4.78 is 28.6. The van der Waals surface area contributed by atoms with Crippen LogP contribution in [0, 0.1) is 13.8 Å². The molecule has 9 heteroatoms. The molecule has 7 nitrogen and oxygen atoms in total. The van der Waals surface area contributed by atoms with Gasteiger partial charge >= 0.3 is 0 Å². The quantitative estimate of drug-likeness (QED) is 0.329. The van der Waals surface area contributed by atoms with Crippen molar-refractivity contribution in [3.63, 3.8) is 0 Å². The summed E-state index contributed by atoms with van der Waals surface area (Å²) in [6.07, 6.45) is 0. The molecule has 0 unspecified atom stereocenters. The molecule has 1 aromatic heterocycles. The van der Waals surface area contributed by atoms with Crippen LogP contribution in [0.25, 0.3) is 0 Å². The number of aromatic nitrogens is 2. The minimum Gasteiger partial charge on any atom is -0.394 e. The predicted molar refractivity (Wildman–Crippen MR) is 125 cm³/mol. The largest absolute Gasteiger partial charge is 0.394 e. The average molecular weight is 459 g/mol. The molecule has 0 aliphatic rings. The van der Waals surface area contributed by atoms with Gasteiger partial charge in [-0.3, -0.25) is 4.72 Å². The molecule has 3 aromatic rings. The minimum atomic E-state index is -3.83. The fraction of sp³-hybridized carbons (Fsp3) is 0.273. The van der Waals surface area contributed by atoms with Crippen molar-refractivity contribution in [3.8, 4) is 0 Å². The molecular weight excluding hydrogens is 432 g/mol. The van der Waals surface area contributed by atoms with Crippen molar-refractivity contribution in [1.82, 2.24) is 9.97 Å². The number of rotatable bonds is 9. The van der Waals surface area contributed by atoms with E-state index in [2.05, 4.69) is 20.0 Å². The monoisotopic (exact) mass is 458 g/mol. The highest BCUT2D eigenvalue weighted by Gasteiger charge is 2.19. The molecule has 2 aromatic carbocycles. The molecular formula is C22H26N4O3S2. The Hall–Kier alpha value is -2.62. The summed E-state index contributed by atoms with van der Waals surface area (Å²) in [5, 5.41) is 12.9. The van der Waals surface area contributed by atoms with Crippen LogP contribution in [-0.2, 0) is 15.8 Å². The lowest BCUT2D eigenvalue weighted by molar-refractivity contribution is 0.281. The third-order valence-corrected chi connectivity index (χ3v) is 6.87. The van der Waals surface area contributed by atoms with Gasteiger partial charge in [-0.2, -0.15) is 0 Å². The summed E-state index contributed by atoms with van der Waals surface area (Å²) in [5.41, 5.74) is 2.61. The Balaban J connectivity index is 1.90. The highest BCUT2D eigenvalue weighted by Crippen LogP contribution is 2.25. The third kappa shape index (κ3) is 6.43. The smallest absolute Gasteiger partial charge is 0.263 e. The number of benzene rings is 2. The number of aliphatic hydroxyl groups excluding tert-OH is 1. The van der Waals surface area contributed by atoms with E-state index in [0.29, 0.717) is 22.3 Å². The van der Waals surface area contributed by atoms with E-state index in [0.717, 1.165) is 11.1 Å². The first-order chi connectivity index (χ1) is 14.8. The first-order valence-corrected chi connectivity index (χ1v) is 12.3. The number of thioether (sulfide) groups is 1. The standard InChI is InChI=1S/C22H26N4O3S2/c1-15-9-10-16(2)19(11-15)31(28,29)26-21-12-20(23-17(3)13-27)24-22(25-21)30-14-18-7-5-4-6-8-18/h4-12,17,27H,13-14H2,1-3H3,(H2,23,24,25,26)/t17-/m1/s1. The van der Waals surface area contributed by atoms with Crippen molar-refractivity contribution >= 4 is 33.4 Å². The molecule has 0 fully saturated rings. The van der Waals surface area contributed by atoms with Crippen LogP contribution in [0.4, 0.5) is 11.6 Å². The molecule has 164 valence electrons. The van der Waals surface area contributed by atoms with Gasteiger partial charge in [0.25, 0.3) is 10.0 Å². The second-order valence-corrected chi connectivity index (χ2v) is 9.89. The second kappa shape index (κ2) is 10.1. The maximum atomic E-state index is 13.0. The van der Waals surface area contributed by atoms with Crippen molar-refractivity contribution in [1.29, 1.82) is 0 Å². The van der Waals surface area contributed by atoms with E-state index in [1.54, 1.807) is 26.0 Å². The maximum absolute atomic E-state index is 13.0. The molecule has 3 N–H and O–H groups in total. The van der Waals surface area contributed by atoms with Gasteiger partial charge in [0.05, 0.1) is 11.5 Å². The summed E-state index contributed by atoms with van der Waals surface area (Å²) >= 11 is 1.40. The molecule has 0 aliphatic heterocycles. The Bertz CT molecular complexity index is 1140. The van der Waals surface area contributed by atoms with Crippen molar-refractivity contribution in [2.75, 3.05) is 16.6 Å². The van der Waals surface area contributed by atoms with Crippen molar-refractivity contribution in [2.24, 2.45) is 0 Å². The number of hydrogen-bond acceptors (Lipinski definition) is 7. The van der Waals surface area contributed by atoms with Gasteiger partial charge in [-0.15, -0.1) is 0 Å². The van der Waals surface area contributed by atoms with Crippen LogP contribution in [-0.4, -0.2) is 36.1 Å². The maximum Gasteiger partial charge on any atom is 0.263 e. The van der Waals surface area contributed by atoms with E-state index in [9.17, 15) is 13.5 Å². The van der Waals surface area contributed by atoms with E-state index < -0.39 is 10.0 Å². The van der Waals surface area contributed by atoms with Gasteiger partial charge in [0, 0.05) is 17.9 Å². The molecule has 0 saturated heterocycles. The van der Waals surface area contributed by atoms with Crippen LogP contribution < -0.4 is 10.0 Å². The lowest BCUT2D eigenvalue weighted by Crippen LogP contribution is -2.21. The molecule has 0 amide bonds. The summed E-state index contributed by atoms with van der Waals surface area (Å²) in [6.45, 7) is 5.32. The summed E-state index contributed by atoms with van der Waals surface area (Å²) in [4.78, 5) is 9.08. The van der Waals surface area contributed by atoms with E-state index in [1.165, 1.54) is 17.8 Å². The second-order valence-electron chi connectivity index (χ2n) is 7.30. The van der Waals surface area contributed by atoms with Crippen LogP contribution in [0.1, 0.15) is 23.6 Å². The molecule has 1 atom stereocenters. The molecule has 0 radical (unpaired) electrons. The van der Waals surface area contributed by atoms with Gasteiger partial charge in [0.2, 0.25) is 0 Å². The Kier molecular flexibility index (Phi) is 7.53. The number of aliphatic hydroxyl groups is 1. The van der Waals surface area contributed by atoms with Gasteiger partial charge in [-0.25, -0.2) is 18.4 Å². The normalized spacial score (nSPS) is 12.4. The zero-order chi connectivity index (χ0) is 22.4. The molecule has 0 bridgehead atoms. The van der Waals surface area contributed by atoms with Crippen molar-refractivity contribution < 1.29 is 13.5 Å². The fourth-order valence-electron chi connectivity index (χ4n) is 2.83. The number of anilines is 2. The van der Waals surface area contributed by atoms with Gasteiger partial charge < -0.3 is 10.4 Å². The van der Waals surface area contributed by atoms with Crippen LogP contribution in [0.5, 0.6) is 0 Å². The first kappa shape index (κ1) is 23.1. The van der Waals surface area contributed by atoms with E-state index in [1.807, 2.05) is 43.3 Å². The van der Waals surface area contributed by atoms with Gasteiger partial charge in [-0.05, 0) is 43.5 Å². The highest BCUT2D eigenvalue weighted by molar-refractivity contribution is 7.98.